The lowest BCUT2D eigenvalue weighted by atomic mass is 9.93. The molecule has 1 saturated heterocycles. The zero-order valence-corrected chi connectivity index (χ0v) is 10.1. The molecular formula is C13H15F2NO2. The molecule has 1 amide bonds. The first kappa shape index (κ1) is 13.0. The fourth-order valence-electron chi connectivity index (χ4n) is 2.02. The molecule has 1 aromatic rings. The average molecular weight is 255 g/mol. The van der Waals surface area contributed by atoms with Crippen molar-refractivity contribution >= 4 is 5.91 Å². The zero-order valence-electron chi connectivity index (χ0n) is 10.1. The van der Waals surface area contributed by atoms with Gasteiger partial charge in [-0.25, -0.2) is 8.78 Å². The van der Waals surface area contributed by atoms with Gasteiger partial charge in [-0.1, -0.05) is 0 Å². The summed E-state index contributed by atoms with van der Waals surface area (Å²) in [6.45, 7) is 2.47. The third-order valence-electron chi connectivity index (χ3n) is 3.29. The number of aliphatic hydroxyl groups is 1. The Morgan fingerprint density at radius 2 is 1.94 bits per heavy atom. The molecule has 5 heteroatoms. The van der Waals surface area contributed by atoms with E-state index in [1.54, 1.807) is 6.92 Å². The van der Waals surface area contributed by atoms with Gasteiger partial charge in [0.2, 0.25) is 0 Å². The van der Waals surface area contributed by atoms with Crippen molar-refractivity contribution in [2.24, 2.45) is 0 Å². The maximum Gasteiger partial charge on any atom is 0.256 e. The average Bonchev–Trinajstić information content (AvgIpc) is 2.28. The fourth-order valence-corrected chi connectivity index (χ4v) is 2.02. The van der Waals surface area contributed by atoms with Gasteiger partial charge in [-0.3, -0.25) is 4.79 Å². The first-order valence-corrected chi connectivity index (χ1v) is 5.86. The van der Waals surface area contributed by atoms with E-state index in [-0.39, 0.29) is 5.56 Å². The first-order chi connectivity index (χ1) is 8.39. The predicted octanol–water partition coefficient (Wildman–Crippen LogP) is 1.95. The van der Waals surface area contributed by atoms with Crippen molar-refractivity contribution in [3.05, 3.63) is 35.4 Å². The number of piperidine rings is 1. The highest BCUT2D eigenvalue weighted by Crippen LogP contribution is 2.23. The van der Waals surface area contributed by atoms with E-state index in [1.165, 1.54) is 4.90 Å². The lowest BCUT2D eigenvalue weighted by molar-refractivity contribution is -0.00213. The number of carbonyl (C=O) groups is 1. The van der Waals surface area contributed by atoms with Gasteiger partial charge in [0, 0.05) is 19.2 Å². The van der Waals surface area contributed by atoms with Crippen molar-refractivity contribution in [1.82, 2.24) is 4.90 Å². The Balaban J connectivity index is 2.13. The second-order valence-electron chi connectivity index (χ2n) is 4.91. The minimum absolute atomic E-state index is 0.127. The predicted molar refractivity (Wildman–Crippen MR) is 62.1 cm³/mol. The summed E-state index contributed by atoms with van der Waals surface area (Å²) in [5.74, 6) is -2.01. The van der Waals surface area contributed by atoms with Crippen molar-refractivity contribution in [1.29, 1.82) is 0 Å². The molecule has 1 heterocycles. The number of benzene rings is 1. The Hall–Kier alpha value is -1.49. The molecule has 0 atom stereocenters. The Morgan fingerprint density at radius 3 is 2.50 bits per heavy atom. The van der Waals surface area contributed by atoms with E-state index in [0.29, 0.717) is 32.0 Å². The van der Waals surface area contributed by atoms with Crippen LogP contribution in [0.4, 0.5) is 8.78 Å². The molecule has 1 aromatic carbocycles. The Labute approximate surface area is 104 Å². The molecule has 1 fully saturated rings. The Morgan fingerprint density at radius 1 is 1.33 bits per heavy atom. The normalized spacial score (nSPS) is 18.8. The molecule has 0 unspecified atom stereocenters. The third kappa shape index (κ3) is 2.67. The molecule has 2 rings (SSSR count). The summed E-state index contributed by atoms with van der Waals surface area (Å²) in [4.78, 5) is 13.5. The van der Waals surface area contributed by atoms with Crippen molar-refractivity contribution in [2.45, 2.75) is 25.4 Å². The van der Waals surface area contributed by atoms with Crippen molar-refractivity contribution in [2.75, 3.05) is 13.1 Å². The first-order valence-electron chi connectivity index (χ1n) is 5.86. The van der Waals surface area contributed by atoms with Crippen LogP contribution < -0.4 is 0 Å². The van der Waals surface area contributed by atoms with Crippen LogP contribution in [0.3, 0.4) is 0 Å². The molecule has 0 radical (unpaired) electrons. The number of amides is 1. The molecule has 0 bridgehead atoms. The molecule has 1 aliphatic rings. The molecule has 98 valence electrons. The van der Waals surface area contributed by atoms with Crippen LogP contribution in [0.15, 0.2) is 18.2 Å². The van der Waals surface area contributed by atoms with E-state index >= 15 is 0 Å². The lowest BCUT2D eigenvalue weighted by Gasteiger charge is -2.35. The maximum absolute atomic E-state index is 13.5. The smallest absolute Gasteiger partial charge is 0.256 e. The van der Waals surface area contributed by atoms with E-state index in [1.807, 2.05) is 0 Å². The number of hydrogen-bond donors (Lipinski definition) is 1. The van der Waals surface area contributed by atoms with E-state index in [2.05, 4.69) is 0 Å². The summed E-state index contributed by atoms with van der Waals surface area (Å²) in [7, 11) is 0. The van der Waals surface area contributed by atoms with Crippen LogP contribution >= 0.6 is 0 Å². The molecule has 3 nitrogen and oxygen atoms in total. The number of carbonyl (C=O) groups excluding carboxylic acids is 1. The van der Waals surface area contributed by atoms with Crippen LogP contribution in [0.5, 0.6) is 0 Å². The minimum Gasteiger partial charge on any atom is -0.390 e. The Kier molecular flexibility index (Phi) is 3.34. The van der Waals surface area contributed by atoms with Crippen molar-refractivity contribution in [3.8, 4) is 0 Å². The van der Waals surface area contributed by atoms with Gasteiger partial charge in [0.05, 0.1) is 11.2 Å². The van der Waals surface area contributed by atoms with Gasteiger partial charge in [0.1, 0.15) is 11.6 Å². The maximum atomic E-state index is 13.5. The van der Waals surface area contributed by atoms with Crippen LogP contribution in [0.1, 0.15) is 30.1 Å². The SMILES string of the molecule is CC1(O)CCN(C(=O)c2ccc(F)cc2F)CC1. The number of halogens is 2. The van der Waals surface area contributed by atoms with E-state index in [9.17, 15) is 18.7 Å². The Bertz CT molecular complexity index is 464. The summed E-state index contributed by atoms with van der Waals surface area (Å²) < 4.78 is 26.2. The molecule has 0 saturated carbocycles. The third-order valence-corrected chi connectivity index (χ3v) is 3.29. The highest BCUT2D eigenvalue weighted by molar-refractivity contribution is 5.94. The molecule has 1 N–H and O–H groups in total. The van der Waals surface area contributed by atoms with Crippen molar-refractivity contribution in [3.63, 3.8) is 0 Å². The standard InChI is InChI=1S/C13H15F2NO2/c1-13(18)4-6-16(7-5-13)12(17)10-3-2-9(14)8-11(10)15/h2-3,8,18H,4-7H2,1H3. The topological polar surface area (TPSA) is 40.5 Å². The largest absolute Gasteiger partial charge is 0.390 e. The van der Waals surface area contributed by atoms with Crippen LogP contribution in [0.2, 0.25) is 0 Å². The minimum atomic E-state index is -0.850. The summed E-state index contributed by atoms with van der Waals surface area (Å²) >= 11 is 0. The summed E-state index contributed by atoms with van der Waals surface area (Å²) in [6.07, 6.45) is 0.920. The van der Waals surface area contributed by atoms with Crippen LogP contribution in [-0.2, 0) is 0 Å². The fraction of sp³-hybridized carbons (Fsp3) is 0.462. The number of likely N-dealkylation sites (tertiary alicyclic amines) is 1. The van der Waals surface area contributed by atoms with Crippen LogP contribution in [-0.4, -0.2) is 34.6 Å². The van der Waals surface area contributed by atoms with Gasteiger partial charge < -0.3 is 10.0 Å². The molecule has 0 spiro atoms. The second-order valence-corrected chi connectivity index (χ2v) is 4.91. The van der Waals surface area contributed by atoms with Gasteiger partial charge in [-0.15, -0.1) is 0 Å². The van der Waals surface area contributed by atoms with E-state index in [0.717, 1.165) is 12.1 Å². The number of nitrogens with zero attached hydrogens (tertiary/aromatic N) is 1. The van der Waals surface area contributed by atoms with Gasteiger partial charge >= 0.3 is 0 Å². The van der Waals surface area contributed by atoms with Crippen LogP contribution in [0, 0.1) is 11.6 Å². The van der Waals surface area contributed by atoms with Gasteiger partial charge in [0.15, 0.2) is 0 Å². The molecular weight excluding hydrogens is 240 g/mol. The molecule has 0 aromatic heterocycles. The van der Waals surface area contributed by atoms with E-state index < -0.39 is 23.1 Å². The summed E-state index contributed by atoms with van der Waals surface area (Å²) in [5.41, 5.74) is -0.893. The van der Waals surface area contributed by atoms with Gasteiger partial charge in [0.25, 0.3) is 5.91 Å². The molecule has 18 heavy (non-hydrogen) atoms. The summed E-state index contributed by atoms with van der Waals surface area (Å²) in [6, 6.07) is 2.92. The quantitative estimate of drug-likeness (QED) is 0.833. The lowest BCUT2D eigenvalue weighted by Crippen LogP contribution is -2.45. The number of rotatable bonds is 1. The highest BCUT2D eigenvalue weighted by Gasteiger charge is 2.30. The van der Waals surface area contributed by atoms with E-state index in [4.69, 9.17) is 0 Å². The van der Waals surface area contributed by atoms with Gasteiger partial charge in [-0.05, 0) is 31.9 Å². The highest BCUT2D eigenvalue weighted by atomic mass is 19.1. The van der Waals surface area contributed by atoms with Gasteiger partial charge in [-0.2, -0.15) is 0 Å². The molecule has 0 aliphatic carbocycles. The molecule has 1 aliphatic heterocycles. The second kappa shape index (κ2) is 4.65. The van der Waals surface area contributed by atoms with Crippen LogP contribution in [0.25, 0.3) is 0 Å². The number of hydrogen-bond acceptors (Lipinski definition) is 2. The zero-order chi connectivity index (χ0) is 13.3. The monoisotopic (exact) mass is 255 g/mol. The van der Waals surface area contributed by atoms with Crippen molar-refractivity contribution < 1.29 is 18.7 Å². The summed E-state index contributed by atoms with van der Waals surface area (Å²) in [5, 5.41) is 9.77.